The third-order valence-electron chi connectivity index (χ3n) is 3.87. The molecule has 0 unspecified atom stereocenters. The smallest absolute Gasteiger partial charge is 0.200 e. The van der Waals surface area contributed by atoms with E-state index in [1.165, 1.54) is 24.3 Å². The molecule has 3 aromatic rings. The Balaban J connectivity index is 1.76. The van der Waals surface area contributed by atoms with E-state index in [-0.39, 0.29) is 4.90 Å². The van der Waals surface area contributed by atoms with Crippen molar-refractivity contribution in [2.75, 3.05) is 0 Å². The second-order valence-electron chi connectivity index (χ2n) is 5.69. The van der Waals surface area contributed by atoms with Crippen LogP contribution in [0.5, 0.6) is 0 Å². The van der Waals surface area contributed by atoms with Gasteiger partial charge in [-0.3, -0.25) is 0 Å². The Labute approximate surface area is 158 Å². The number of nitrogens with one attached hydrogen (secondary N) is 1. The van der Waals surface area contributed by atoms with Gasteiger partial charge < -0.3 is 0 Å². The minimum Gasteiger partial charge on any atom is -0.200 e. The molecule has 0 aromatic heterocycles. The lowest BCUT2D eigenvalue weighted by Gasteiger charge is -2.07. The van der Waals surface area contributed by atoms with Gasteiger partial charge in [-0.15, -0.1) is 0 Å². The number of hydrogen-bond donors (Lipinski definition) is 1. The van der Waals surface area contributed by atoms with Crippen molar-refractivity contribution < 1.29 is 8.42 Å². The molecule has 26 heavy (non-hydrogen) atoms. The van der Waals surface area contributed by atoms with Crippen LogP contribution in [0, 0.1) is 0 Å². The summed E-state index contributed by atoms with van der Waals surface area (Å²) in [6.07, 6.45) is 0. The van der Waals surface area contributed by atoms with Gasteiger partial charge in [-0.25, -0.2) is 0 Å². The second kappa shape index (κ2) is 7.72. The van der Waals surface area contributed by atoms with Crippen molar-refractivity contribution in [1.29, 1.82) is 0 Å². The number of rotatable bonds is 5. The number of hydrazone groups is 1. The van der Waals surface area contributed by atoms with E-state index in [9.17, 15) is 8.42 Å². The van der Waals surface area contributed by atoms with E-state index in [2.05, 4.69) is 9.93 Å². The Kier molecular flexibility index (Phi) is 5.40. The average Bonchev–Trinajstić information content (AvgIpc) is 2.67. The van der Waals surface area contributed by atoms with Crippen LogP contribution in [0.15, 0.2) is 88.9 Å². The summed E-state index contributed by atoms with van der Waals surface area (Å²) < 4.78 is 24.5. The zero-order valence-electron chi connectivity index (χ0n) is 14.1. The van der Waals surface area contributed by atoms with Crippen molar-refractivity contribution >= 4 is 27.3 Å². The van der Waals surface area contributed by atoms with Crippen LogP contribution in [-0.2, 0) is 10.0 Å². The summed E-state index contributed by atoms with van der Waals surface area (Å²) in [4.78, 5) is 2.37. The molecule has 0 spiro atoms. The van der Waals surface area contributed by atoms with Crippen LogP contribution < -0.4 is 4.83 Å². The van der Waals surface area contributed by atoms with Gasteiger partial charge in [-0.05, 0) is 47.9 Å². The maximum absolute atomic E-state index is 12.3. The Bertz CT molecular complexity index is 1010. The van der Waals surface area contributed by atoms with Crippen molar-refractivity contribution in [2.45, 2.75) is 11.8 Å². The highest BCUT2D eigenvalue weighted by molar-refractivity contribution is 7.89. The molecule has 0 radical (unpaired) electrons. The first-order chi connectivity index (χ1) is 12.5. The molecule has 0 saturated carbocycles. The first-order valence-corrected chi connectivity index (χ1v) is 9.79. The number of halogens is 1. The molecule has 0 aliphatic carbocycles. The Morgan fingerprint density at radius 2 is 1.42 bits per heavy atom. The van der Waals surface area contributed by atoms with Crippen LogP contribution in [0.2, 0.25) is 5.02 Å². The van der Waals surface area contributed by atoms with Crippen LogP contribution in [0.4, 0.5) is 0 Å². The number of benzene rings is 3. The minimum absolute atomic E-state index is 0.109. The molecule has 3 rings (SSSR count). The molecule has 1 N–H and O–H groups in total. The first-order valence-electron chi connectivity index (χ1n) is 7.93. The van der Waals surface area contributed by atoms with Gasteiger partial charge in [0.2, 0.25) is 0 Å². The quantitative estimate of drug-likeness (QED) is 0.511. The van der Waals surface area contributed by atoms with Gasteiger partial charge in [0, 0.05) is 5.02 Å². The number of nitrogens with zero attached hydrogens (tertiary/aromatic N) is 1. The molecule has 0 heterocycles. The van der Waals surface area contributed by atoms with Crippen molar-refractivity contribution in [3.8, 4) is 11.1 Å². The summed E-state index contributed by atoms with van der Waals surface area (Å²) >= 11 is 5.78. The summed E-state index contributed by atoms with van der Waals surface area (Å²) in [7, 11) is -3.73. The van der Waals surface area contributed by atoms with Gasteiger partial charge >= 0.3 is 0 Å². The van der Waals surface area contributed by atoms with E-state index in [4.69, 9.17) is 11.6 Å². The molecule has 3 aromatic carbocycles. The van der Waals surface area contributed by atoms with Gasteiger partial charge in [-0.1, -0.05) is 66.2 Å². The Morgan fingerprint density at radius 3 is 2.04 bits per heavy atom. The van der Waals surface area contributed by atoms with E-state index < -0.39 is 10.0 Å². The highest BCUT2D eigenvalue weighted by Crippen LogP contribution is 2.19. The van der Waals surface area contributed by atoms with Gasteiger partial charge in [0.1, 0.15) is 0 Å². The first kappa shape index (κ1) is 18.2. The summed E-state index contributed by atoms with van der Waals surface area (Å²) in [5, 5.41) is 4.49. The molecular weight excluding hydrogens is 368 g/mol. The van der Waals surface area contributed by atoms with Crippen molar-refractivity contribution in [2.24, 2.45) is 5.10 Å². The van der Waals surface area contributed by atoms with E-state index in [1.54, 1.807) is 6.92 Å². The lowest BCUT2D eigenvalue weighted by molar-refractivity contribution is 0.584. The highest BCUT2D eigenvalue weighted by Gasteiger charge is 2.12. The highest BCUT2D eigenvalue weighted by atomic mass is 35.5. The molecular formula is C20H17ClN2O2S. The van der Waals surface area contributed by atoms with Crippen LogP contribution in [0.25, 0.3) is 11.1 Å². The van der Waals surface area contributed by atoms with E-state index >= 15 is 0 Å². The second-order valence-corrected chi connectivity index (χ2v) is 7.79. The number of hydrogen-bond acceptors (Lipinski definition) is 3. The van der Waals surface area contributed by atoms with E-state index in [0.29, 0.717) is 10.7 Å². The molecule has 0 aliphatic heterocycles. The monoisotopic (exact) mass is 384 g/mol. The molecule has 132 valence electrons. The summed E-state index contributed by atoms with van der Waals surface area (Å²) in [6.45, 7) is 1.75. The topological polar surface area (TPSA) is 58.5 Å². The van der Waals surface area contributed by atoms with Gasteiger partial charge in [-0.2, -0.15) is 18.4 Å². The fraction of sp³-hybridized carbons (Fsp3) is 0.0500. The zero-order valence-corrected chi connectivity index (χ0v) is 15.6. The fourth-order valence-electron chi connectivity index (χ4n) is 2.39. The predicted octanol–water partition coefficient (Wildman–Crippen LogP) is 4.71. The van der Waals surface area contributed by atoms with Crippen LogP contribution in [0.1, 0.15) is 12.5 Å². The predicted molar refractivity (Wildman–Crippen MR) is 106 cm³/mol. The Hall–Kier alpha value is -2.63. The fourth-order valence-corrected chi connectivity index (χ4v) is 3.38. The SMILES string of the molecule is C/C(=N\NS(=O)(=O)c1ccc(Cl)cc1)c1ccc(-c2ccccc2)cc1. The number of sulfonamides is 1. The van der Waals surface area contributed by atoms with Crippen molar-refractivity contribution in [3.63, 3.8) is 0 Å². The van der Waals surface area contributed by atoms with E-state index in [0.717, 1.165) is 16.7 Å². The maximum Gasteiger partial charge on any atom is 0.276 e. The molecule has 0 fully saturated rings. The van der Waals surface area contributed by atoms with Crippen LogP contribution >= 0.6 is 11.6 Å². The zero-order chi connectivity index (χ0) is 18.6. The van der Waals surface area contributed by atoms with Crippen molar-refractivity contribution in [1.82, 2.24) is 4.83 Å². The van der Waals surface area contributed by atoms with Crippen LogP contribution in [-0.4, -0.2) is 14.1 Å². The van der Waals surface area contributed by atoms with Crippen molar-refractivity contribution in [3.05, 3.63) is 89.4 Å². The summed E-state index contributed by atoms with van der Waals surface area (Å²) in [5.41, 5.74) is 3.62. The summed E-state index contributed by atoms with van der Waals surface area (Å²) in [6, 6.07) is 23.7. The van der Waals surface area contributed by atoms with Gasteiger partial charge in [0.15, 0.2) is 0 Å². The lowest BCUT2D eigenvalue weighted by atomic mass is 10.0. The third kappa shape index (κ3) is 4.31. The Morgan fingerprint density at radius 1 is 0.846 bits per heavy atom. The van der Waals surface area contributed by atoms with Gasteiger partial charge in [0.05, 0.1) is 10.6 Å². The lowest BCUT2D eigenvalue weighted by Crippen LogP contribution is -2.19. The van der Waals surface area contributed by atoms with E-state index in [1.807, 2.05) is 54.6 Å². The summed E-state index contributed by atoms with van der Waals surface area (Å²) in [5.74, 6) is 0. The third-order valence-corrected chi connectivity index (χ3v) is 5.34. The molecule has 0 atom stereocenters. The molecule has 0 saturated heterocycles. The molecule has 0 amide bonds. The molecule has 0 bridgehead atoms. The average molecular weight is 385 g/mol. The standard InChI is InChI=1S/C20H17ClN2O2S/c1-15(22-23-26(24,25)20-13-11-19(21)12-14-20)16-7-9-18(10-8-16)17-5-3-2-4-6-17/h2-14,23H,1H3/b22-15+. The van der Waals surface area contributed by atoms with Gasteiger partial charge in [0.25, 0.3) is 10.0 Å². The molecule has 6 heteroatoms. The maximum atomic E-state index is 12.3. The normalized spacial score (nSPS) is 12.0. The molecule has 4 nitrogen and oxygen atoms in total. The molecule has 0 aliphatic rings. The largest absolute Gasteiger partial charge is 0.276 e. The van der Waals surface area contributed by atoms with Crippen LogP contribution in [0.3, 0.4) is 0 Å². The minimum atomic E-state index is -3.73.